The fraction of sp³-hybridized carbons (Fsp3) is 0.350. The summed E-state index contributed by atoms with van der Waals surface area (Å²) in [4.78, 5) is 12.2. The van der Waals surface area contributed by atoms with Gasteiger partial charge in [-0.2, -0.15) is 0 Å². The van der Waals surface area contributed by atoms with Crippen LogP contribution >= 0.6 is 0 Å². The number of benzene rings is 2. The average Bonchev–Trinajstić information content (AvgIpc) is 2.62. The van der Waals surface area contributed by atoms with Gasteiger partial charge in [-0.3, -0.25) is 4.79 Å². The molecule has 0 bridgehead atoms. The highest BCUT2D eigenvalue weighted by molar-refractivity contribution is 5.77. The van der Waals surface area contributed by atoms with Gasteiger partial charge in [-0.1, -0.05) is 36.4 Å². The van der Waals surface area contributed by atoms with Crippen molar-refractivity contribution >= 4 is 5.91 Å². The van der Waals surface area contributed by atoms with E-state index >= 15 is 0 Å². The molecule has 0 aliphatic heterocycles. The molecule has 0 aromatic heterocycles. The molecule has 126 valence electrons. The third kappa shape index (κ3) is 4.15. The quantitative estimate of drug-likeness (QED) is 0.885. The van der Waals surface area contributed by atoms with Crippen molar-refractivity contribution in [3.8, 4) is 5.75 Å². The molecule has 4 nitrogen and oxygen atoms in total. The predicted octanol–water partition coefficient (Wildman–Crippen LogP) is 3.41. The number of aryl methyl sites for hydroxylation is 1. The molecule has 1 amide bonds. The molecular weight excluding hydrogens is 302 g/mol. The number of carbonyl (C=O) groups excluding carboxylic acids is 1. The molecule has 1 unspecified atom stereocenters. The minimum Gasteiger partial charge on any atom is -0.497 e. The maximum absolute atomic E-state index is 12.2. The molecule has 0 saturated heterocycles. The highest BCUT2D eigenvalue weighted by atomic mass is 16.5. The normalized spacial score (nSPS) is 16.3. The van der Waals surface area contributed by atoms with Gasteiger partial charge in [0.15, 0.2) is 0 Å². The lowest BCUT2D eigenvalue weighted by atomic mass is 9.88. The number of hydrogen-bond donors (Lipinski definition) is 1. The van der Waals surface area contributed by atoms with Gasteiger partial charge in [0.2, 0.25) is 5.91 Å². The molecule has 0 heterocycles. The van der Waals surface area contributed by atoms with Gasteiger partial charge in [0, 0.05) is 0 Å². The Labute approximate surface area is 142 Å². The Bertz CT molecular complexity index is 699. The smallest absolute Gasteiger partial charge is 0.246 e. The number of nitrogens with one attached hydrogen (secondary N) is 1. The number of carbonyl (C=O) groups is 1. The molecule has 1 aliphatic carbocycles. The van der Waals surface area contributed by atoms with Gasteiger partial charge >= 0.3 is 0 Å². The van der Waals surface area contributed by atoms with E-state index in [4.69, 9.17) is 9.47 Å². The first-order valence-electron chi connectivity index (χ1n) is 8.34. The molecule has 1 atom stereocenters. The van der Waals surface area contributed by atoms with E-state index in [1.54, 1.807) is 7.11 Å². The van der Waals surface area contributed by atoms with Crippen LogP contribution in [0.2, 0.25) is 0 Å². The Hall–Kier alpha value is -2.33. The molecule has 0 radical (unpaired) electrons. The number of rotatable bonds is 6. The SMILES string of the molecule is COc1cccc(COCC(=O)NC2CCCc3ccccc32)c1. The maximum atomic E-state index is 12.2. The lowest BCUT2D eigenvalue weighted by Crippen LogP contribution is -2.33. The Kier molecular flexibility index (Phi) is 5.49. The number of methoxy groups -OCH3 is 1. The van der Waals surface area contributed by atoms with Crippen LogP contribution in [-0.2, 0) is 22.6 Å². The zero-order valence-corrected chi connectivity index (χ0v) is 14.0. The first kappa shape index (κ1) is 16.5. The molecular formula is C20H23NO3. The molecule has 3 rings (SSSR count). The van der Waals surface area contributed by atoms with Crippen LogP contribution in [0.15, 0.2) is 48.5 Å². The minimum absolute atomic E-state index is 0.0654. The molecule has 2 aromatic carbocycles. The second-order valence-electron chi connectivity index (χ2n) is 6.06. The maximum Gasteiger partial charge on any atom is 0.246 e. The summed E-state index contributed by atoms with van der Waals surface area (Å²) in [7, 11) is 1.63. The van der Waals surface area contributed by atoms with E-state index in [1.807, 2.05) is 30.3 Å². The van der Waals surface area contributed by atoms with Crippen molar-refractivity contribution in [3.05, 3.63) is 65.2 Å². The third-order valence-electron chi connectivity index (χ3n) is 4.34. The largest absolute Gasteiger partial charge is 0.497 e. The van der Waals surface area contributed by atoms with Crippen molar-refractivity contribution < 1.29 is 14.3 Å². The number of fused-ring (bicyclic) bond motifs is 1. The van der Waals surface area contributed by atoms with Gasteiger partial charge in [-0.25, -0.2) is 0 Å². The van der Waals surface area contributed by atoms with Crippen molar-refractivity contribution in [1.29, 1.82) is 0 Å². The van der Waals surface area contributed by atoms with Crippen LogP contribution in [0.5, 0.6) is 5.75 Å². The lowest BCUT2D eigenvalue weighted by Gasteiger charge is -2.26. The van der Waals surface area contributed by atoms with Gasteiger partial charge in [0.05, 0.1) is 19.8 Å². The van der Waals surface area contributed by atoms with E-state index in [0.29, 0.717) is 6.61 Å². The molecule has 1 N–H and O–H groups in total. The fourth-order valence-corrected chi connectivity index (χ4v) is 3.16. The Morgan fingerprint density at radius 1 is 1.21 bits per heavy atom. The fourth-order valence-electron chi connectivity index (χ4n) is 3.16. The predicted molar refractivity (Wildman–Crippen MR) is 92.9 cm³/mol. The van der Waals surface area contributed by atoms with Crippen molar-refractivity contribution in [2.24, 2.45) is 0 Å². The van der Waals surface area contributed by atoms with Gasteiger partial charge in [-0.05, 0) is 48.1 Å². The topological polar surface area (TPSA) is 47.6 Å². The number of ether oxygens (including phenoxy) is 2. The van der Waals surface area contributed by atoms with Gasteiger partial charge in [0.25, 0.3) is 0 Å². The van der Waals surface area contributed by atoms with E-state index in [0.717, 1.165) is 30.6 Å². The van der Waals surface area contributed by atoms with Crippen LogP contribution in [0, 0.1) is 0 Å². The summed E-state index contributed by atoms with van der Waals surface area (Å²) < 4.78 is 10.7. The van der Waals surface area contributed by atoms with Crippen molar-refractivity contribution in [3.63, 3.8) is 0 Å². The van der Waals surface area contributed by atoms with E-state index in [2.05, 4.69) is 23.5 Å². The molecule has 0 saturated carbocycles. The van der Waals surface area contributed by atoms with Crippen LogP contribution in [0.1, 0.15) is 35.6 Å². The van der Waals surface area contributed by atoms with Crippen molar-refractivity contribution in [2.45, 2.75) is 31.9 Å². The van der Waals surface area contributed by atoms with Crippen LogP contribution < -0.4 is 10.1 Å². The second-order valence-corrected chi connectivity index (χ2v) is 6.06. The second kappa shape index (κ2) is 7.97. The van der Waals surface area contributed by atoms with Crippen LogP contribution in [0.25, 0.3) is 0 Å². The standard InChI is InChI=1S/C20H23NO3/c1-23-17-9-4-6-15(12-17)13-24-14-20(22)21-19-11-5-8-16-7-2-3-10-18(16)19/h2-4,6-7,9-10,12,19H,5,8,11,13-14H2,1H3,(H,21,22). The van der Waals surface area contributed by atoms with Gasteiger partial charge < -0.3 is 14.8 Å². The van der Waals surface area contributed by atoms with Crippen molar-refractivity contribution in [1.82, 2.24) is 5.32 Å². The highest BCUT2D eigenvalue weighted by Gasteiger charge is 2.21. The van der Waals surface area contributed by atoms with Crippen molar-refractivity contribution in [2.75, 3.05) is 13.7 Å². The molecule has 0 spiro atoms. The molecule has 2 aromatic rings. The highest BCUT2D eigenvalue weighted by Crippen LogP contribution is 2.29. The zero-order valence-electron chi connectivity index (χ0n) is 14.0. The lowest BCUT2D eigenvalue weighted by molar-refractivity contribution is -0.127. The summed E-state index contributed by atoms with van der Waals surface area (Å²) in [5.41, 5.74) is 3.57. The van der Waals surface area contributed by atoms with Gasteiger partial charge in [0.1, 0.15) is 12.4 Å². The summed E-state index contributed by atoms with van der Waals surface area (Å²) in [6, 6.07) is 16.1. The Morgan fingerprint density at radius 3 is 2.96 bits per heavy atom. The first-order chi connectivity index (χ1) is 11.8. The molecule has 0 fully saturated rings. The van der Waals surface area contributed by atoms with Crippen LogP contribution in [-0.4, -0.2) is 19.6 Å². The van der Waals surface area contributed by atoms with Crippen LogP contribution in [0.4, 0.5) is 0 Å². The molecule has 24 heavy (non-hydrogen) atoms. The van der Waals surface area contributed by atoms with Crippen LogP contribution in [0.3, 0.4) is 0 Å². The summed E-state index contributed by atoms with van der Waals surface area (Å²) in [6.45, 7) is 0.460. The summed E-state index contributed by atoms with van der Waals surface area (Å²) in [5.74, 6) is 0.721. The summed E-state index contributed by atoms with van der Waals surface area (Å²) in [6.07, 6.45) is 3.18. The summed E-state index contributed by atoms with van der Waals surface area (Å²) >= 11 is 0. The Morgan fingerprint density at radius 2 is 2.08 bits per heavy atom. The van der Waals surface area contributed by atoms with Gasteiger partial charge in [-0.15, -0.1) is 0 Å². The van der Waals surface area contributed by atoms with E-state index in [-0.39, 0.29) is 18.6 Å². The first-order valence-corrected chi connectivity index (χ1v) is 8.34. The minimum atomic E-state index is -0.0698. The van der Waals surface area contributed by atoms with E-state index in [9.17, 15) is 4.79 Å². The summed E-state index contributed by atoms with van der Waals surface area (Å²) in [5, 5.41) is 3.10. The number of amides is 1. The van der Waals surface area contributed by atoms with E-state index in [1.165, 1.54) is 11.1 Å². The average molecular weight is 325 g/mol. The number of hydrogen-bond acceptors (Lipinski definition) is 3. The third-order valence-corrected chi connectivity index (χ3v) is 4.34. The monoisotopic (exact) mass is 325 g/mol. The van der Waals surface area contributed by atoms with E-state index < -0.39 is 0 Å². The Balaban J connectivity index is 1.50. The zero-order chi connectivity index (χ0) is 16.8. The molecule has 1 aliphatic rings. The molecule has 4 heteroatoms.